The molecule has 0 bridgehead atoms. The highest BCUT2D eigenvalue weighted by Gasteiger charge is 2.14. The van der Waals surface area contributed by atoms with Gasteiger partial charge in [-0.2, -0.15) is 0 Å². The third-order valence-electron chi connectivity index (χ3n) is 2.42. The molecule has 15 heavy (non-hydrogen) atoms. The van der Waals surface area contributed by atoms with Crippen LogP contribution < -0.4 is 5.32 Å². The predicted octanol–water partition coefficient (Wildman–Crippen LogP) is 1.91. The van der Waals surface area contributed by atoms with Crippen LogP contribution in [0.5, 0.6) is 0 Å². The van der Waals surface area contributed by atoms with Crippen molar-refractivity contribution < 1.29 is 9.90 Å². The number of hydrogen-bond donors (Lipinski definition) is 2. The zero-order chi connectivity index (χ0) is 10.7. The number of hydrogen-bond acceptors (Lipinski definition) is 3. The quantitative estimate of drug-likeness (QED) is 0.738. The summed E-state index contributed by atoms with van der Waals surface area (Å²) in [6.45, 7) is 0. The summed E-state index contributed by atoms with van der Waals surface area (Å²) in [4.78, 5) is 14.7. The second-order valence-electron chi connectivity index (χ2n) is 3.51. The van der Waals surface area contributed by atoms with Crippen molar-refractivity contribution in [1.29, 1.82) is 0 Å². The molecule has 1 aromatic rings. The first-order chi connectivity index (χ1) is 7.27. The van der Waals surface area contributed by atoms with Gasteiger partial charge in [0.15, 0.2) is 0 Å². The van der Waals surface area contributed by atoms with E-state index in [0.29, 0.717) is 11.7 Å². The van der Waals surface area contributed by atoms with Gasteiger partial charge in [0.05, 0.1) is 5.69 Å². The summed E-state index contributed by atoms with van der Waals surface area (Å²) in [7, 11) is 0. The van der Waals surface area contributed by atoms with Crippen LogP contribution in [0.4, 0.5) is 5.69 Å². The van der Waals surface area contributed by atoms with E-state index < -0.39 is 5.97 Å². The smallest absolute Gasteiger partial charge is 0.339 e. The number of pyridine rings is 1. The molecule has 0 saturated carbocycles. The highest BCUT2D eigenvalue weighted by molar-refractivity contribution is 5.93. The lowest BCUT2D eigenvalue weighted by atomic mass is 10.2. The molecule has 2 rings (SSSR count). The summed E-state index contributed by atoms with van der Waals surface area (Å²) in [6.07, 6.45) is 9.05. The molecule has 0 aromatic carbocycles. The Balaban J connectivity index is 2.16. The summed E-state index contributed by atoms with van der Waals surface area (Å²) in [6, 6.07) is 2.01. The molecule has 0 saturated heterocycles. The molecule has 1 aromatic heterocycles. The highest BCUT2D eigenvalue weighted by Crippen LogP contribution is 2.19. The fraction of sp³-hybridized carbons (Fsp3) is 0.273. The van der Waals surface area contributed by atoms with Crippen LogP contribution in [0.25, 0.3) is 0 Å². The lowest BCUT2D eigenvalue weighted by Crippen LogP contribution is -2.17. The van der Waals surface area contributed by atoms with E-state index >= 15 is 0 Å². The molecule has 1 heterocycles. The normalized spacial score (nSPS) is 15.5. The van der Waals surface area contributed by atoms with Gasteiger partial charge in [0.2, 0.25) is 0 Å². The zero-order valence-corrected chi connectivity index (χ0v) is 8.18. The Morgan fingerprint density at radius 3 is 2.87 bits per heavy atom. The van der Waals surface area contributed by atoms with Gasteiger partial charge in [-0.25, -0.2) is 4.79 Å². The lowest BCUT2D eigenvalue weighted by Gasteiger charge is -2.14. The number of anilines is 1. The maximum absolute atomic E-state index is 10.9. The Morgan fingerprint density at radius 1 is 1.47 bits per heavy atom. The first-order valence-corrected chi connectivity index (χ1v) is 4.86. The van der Waals surface area contributed by atoms with Crippen LogP contribution in [-0.4, -0.2) is 22.1 Å². The number of carboxylic acid groups (broad SMARTS) is 1. The molecule has 4 nitrogen and oxygen atoms in total. The lowest BCUT2D eigenvalue weighted by molar-refractivity contribution is 0.0697. The monoisotopic (exact) mass is 204 g/mol. The van der Waals surface area contributed by atoms with Crippen LogP contribution in [0, 0.1) is 0 Å². The van der Waals surface area contributed by atoms with Crippen molar-refractivity contribution in [3.63, 3.8) is 0 Å². The van der Waals surface area contributed by atoms with Crippen molar-refractivity contribution in [2.45, 2.75) is 18.9 Å². The zero-order valence-electron chi connectivity index (χ0n) is 8.18. The van der Waals surface area contributed by atoms with E-state index in [0.717, 1.165) is 12.8 Å². The SMILES string of the molecule is O=C(O)c1cnccc1NC1CC=CC1. The molecule has 0 unspecified atom stereocenters. The van der Waals surface area contributed by atoms with E-state index in [1.807, 2.05) is 0 Å². The van der Waals surface area contributed by atoms with E-state index in [1.165, 1.54) is 6.20 Å². The Morgan fingerprint density at radius 2 is 2.20 bits per heavy atom. The van der Waals surface area contributed by atoms with E-state index in [1.54, 1.807) is 12.3 Å². The number of carboxylic acids is 1. The Labute approximate surface area is 87.7 Å². The van der Waals surface area contributed by atoms with Gasteiger partial charge in [-0.1, -0.05) is 12.2 Å². The van der Waals surface area contributed by atoms with Crippen LogP contribution in [0.3, 0.4) is 0 Å². The third-order valence-corrected chi connectivity index (χ3v) is 2.42. The number of nitrogens with zero attached hydrogens (tertiary/aromatic N) is 1. The van der Waals surface area contributed by atoms with Crippen molar-refractivity contribution >= 4 is 11.7 Å². The molecule has 0 atom stereocenters. The third kappa shape index (κ3) is 2.15. The summed E-state index contributed by atoms with van der Waals surface area (Å²) in [5.41, 5.74) is 0.871. The number of aromatic carboxylic acids is 1. The first-order valence-electron chi connectivity index (χ1n) is 4.86. The fourth-order valence-corrected chi connectivity index (χ4v) is 1.65. The number of carbonyl (C=O) groups is 1. The van der Waals surface area contributed by atoms with E-state index in [9.17, 15) is 4.79 Å². The predicted molar refractivity (Wildman–Crippen MR) is 57.0 cm³/mol. The maximum Gasteiger partial charge on any atom is 0.339 e. The maximum atomic E-state index is 10.9. The van der Waals surface area contributed by atoms with Crippen LogP contribution in [0.1, 0.15) is 23.2 Å². The summed E-state index contributed by atoms with van der Waals surface area (Å²) in [5, 5.41) is 12.2. The molecule has 0 spiro atoms. The van der Waals surface area contributed by atoms with Crippen molar-refractivity contribution in [3.05, 3.63) is 36.2 Å². The second kappa shape index (κ2) is 4.13. The van der Waals surface area contributed by atoms with Gasteiger partial charge in [-0.05, 0) is 18.9 Å². The van der Waals surface area contributed by atoms with E-state index in [4.69, 9.17) is 5.11 Å². The minimum Gasteiger partial charge on any atom is -0.478 e. The van der Waals surface area contributed by atoms with Gasteiger partial charge in [0.25, 0.3) is 0 Å². The van der Waals surface area contributed by atoms with Crippen molar-refractivity contribution in [2.24, 2.45) is 0 Å². The molecule has 0 amide bonds. The second-order valence-corrected chi connectivity index (χ2v) is 3.51. The van der Waals surface area contributed by atoms with Gasteiger partial charge >= 0.3 is 5.97 Å². The number of rotatable bonds is 3. The minimum absolute atomic E-state index is 0.226. The van der Waals surface area contributed by atoms with Crippen LogP contribution in [0.2, 0.25) is 0 Å². The molecule has 2 N–H and O–H groups in total. The molecule has 78 valence electrons. The molecule has 0 radical (unpaired) electrons. The van der Waals surface area contributed by atoms with Crippen LogP contribution in [0.15, 0.2) is 30.6 Å². The van der Waals surface area contributed by atoms with Gasteiger partial charge in [-0.3, -0.25) is 4.98 Å². The highest BCUT2D eigenvalue weighted by atomic mass is 16.4. The average Bonchev–Trinajstić information content (AvgIpc) is 2.71. The van der Waals surface area contributed by atoms with Gasteiger partial charge in [0, 0.05) is 18.4 Å². The first kappa shape index (κ1) is 9.71. The van der Waals surface area contributed by atoms with Gasteiger partial charge < -0.3 is 10.4 Å². The van der Waals surface area contributed by atoms with E-state index in [2.05, 4.69) is 22.5 Å². The molecular formula is C11H12N2O2. The summed E-state index contributed by atoms with van der Waals surface area (Å²) in [5.74, 6) is -0.948. The van der Waals surface area contributed by atoms with E-state index in [-0.39, 0.29) is 5.56 Å². The molecule has 1 aliphatic carbocycles. The Bertz CT molecular complexity index is 393. The number of aromatic nitrogens is 1. The summed E-state index contributed by atoms with van der Waals surface area (Å²) >= 11 is 0. The topological polar surface area (TPSA) is 62.2 Å². The molecule has 1 aliphatic rings. The molecule has 0 fully saturated rings. The Kier molecular flexibility index (Phi) is 2.67. The largest absolute Gasteiger partial charge is 0.478 e. The number of nitrogens with one attached hydrogen (secondary N) is 1. The van der Waals surface area contributed by atoms with Gasteiger partial charge in [-0.15, -0.1) is 0 Å². The fourth-order valence-electron chi connectivity index (χ4n) is 1.65. The average molecular weight is 204 g/mol. The van der Waals surface area contributed by atoms with Gasteiger partial charge in [0.1, 0.15) is 5.56 Å². The summed E-state index contributed by atoms with van der Waals surface area (Å²) < 4.78 is 0. The molecular weight excluding hydrogens is 192 g/mol. The minimum atomic E-state index is -0.948. The van der Waals surface area contributed by atoms with Crippen molar-refractivity contribution in [3.8, 4) is 0 Å². The molecule has 0 aliphatic heterocycles. The standard InChI is InChI=1S/C11H12N2O2/c14-11(15)9-7-12-6-5-10(9)13-8-3-1-2-4-8/h1-2,5-8H,3-4H2,(H,12,13)(H,14,15). The Hall–Kier alpha value is -1.84. The van der Waals surface area contributed by atoms with Crippen LogP contribution in [-0.2, 0) is 0 Å². The van der Waals surface area contributed by atoms with Crippen molar-refractivity contribution in [2.75, 3.05) is 5.32 Å². The van der Waals surface area contributed by atoms with Crippen molar-refractivity contribution in [1.82, 2.24) is 4.98 Å². The molecule has 4 heteroatoms. The van der Waals surface area contributed by atoms with Crippen LogP contribution >= 0.6 is 0 Å².